The first-order valence-corrected chi connectivity index (χ1v) is 10.2. The monoisotopic (exact) mass is 414 g/mol. The van der Waals surface area contributed by atoms with Crippen molar-refractivity contribution in [1.82, 2.24) is 4.98 Å². The summed E-state index contributed by atoms with van der Waals surface area (Å²) in [6.45, 7) is 3.63. The Morgan fingerprint density at radius 3 is 2.60 bits per heavy atom. The van der Waals surface area contributed by atoms with Gasteiger partial charge in [0.05, 0.1) is 27.5 Å². The number of fused-ring (bicyclic) bond motifs is 1. The minimum absolute atomic E-state index is 0.165. The SMILES string of the molecule is CC(C)OC(=O)c1ccc(-c2ccc(C=C(C#N)c3nc4ccccc4s3)o2)cc1. The van der Waals surface area contributed by atoms with Crippen LogP contribution in [-0.4, -0.2) is 17.1 Å². The van der Waals surface area contributed by atoms with Crippen molar-refractivity contribution in [3.8, 4) is 17.4 Å². The molecule has 0 aliphatic heterocycles. The number of rotatable bonds is 5. The number of hydrogen-bond donors (Lipinski definition) is 0. The third kappa shape index (κ3) is 4.17. The number of carbonyl (C=O) groups excluding carboxylic acids is 1. The molecule has 0 bridgehead atoms. The van der Waals surface area contributed by atoms with Gasteiger partial charge in [-0.2, -0.15) is 5.26 Å². The molecule has 0 N–H and O–H groups in total. The number of furan rings is 1. The van der Waals surface area contributed by atoms with Crippen molar-refractivity contribution in [2.75, 3.05) is 0 Å². The molecule has 2 aromatic carbocycles. The van der Waals surface area contributed by atoms with Crippen LogP contribution in [0.5, 0.6) is 0 Å². The van der Waals surface area contributed by atoms with Crippen molar-refractivity contribution in [1.29, 1.82) is 5.26 Å². The number of carbonyl (C=O) groups is 1. The highest BCUT2D eigenvalue weighted by Gasteiger charge is 2.12. The molecule has 2 aromatic heterocycles. The number of para-hydroxylation sites is 1. The second kappa shape index (κ2) is 8.36. The number of benzene rings is 2. The van der Waals surface area contributed by atoms with Crippen LogP contribution in [0.4, 0.5) is 0 Å². The van der Waals surface area contributed by atoms with Gasteiger partial charge in [0, 0.05) is 11.6 Å². The molecule has 148 valence electrons. The summed E-state index contributed by atoms with van der Waals surface area (Å²) < 4.78 is 12.1. The molecule has 4 rings (SSSR count). The molecule has 0 atom stereocenters. The lowest BCUT2D eigenvalue weighted by molar-refractivity contribution is 0.0378. The van der Waals surface area contributed by atoms with Crippen LogP contribution in [-0.2, 0) is 4.74 Å². The van der Waals surface area contributed by atoms with Crippen molar-refractivity contribution >= 4 is 39.2 Å². The molecule has 0 unspecified atom stereocenters. The first kappa shape index (κ1) is 19.6. The fourth-order valence-corrected chi connectivity index (χ4v) is 3.84. The van der Waals surface area contributed by atoms with E-state index in [-0.39, 0.29) is 12.1 Å². The zero-order valence-electron chi connectivity index (χ0n) is 16.5. The van der Waals surface area contributed by atoms with Gasteiger partial charge in [0.15, 0.2) is 0 Å². The number of ether oxygens (including phenoxy) is 1. The van der Waals surface area contributed by atoms with Crippen molar-refractivity contribution < 1.29 is 13.9 Å². The summed E-state index contributed by atoms with van der Waals surface area (Å²) in [4.78, 5) is 16.5. The lowest BCUT2D eigenvalue weighted by Crippen LogP contribution is -2.11. The topological polar surface area (TPSA) is 76.1 Å². The number of allylic oxidation sites excluding steroid dienone is 1. The van der Waals surface area contributed by atoms with Crippen LogP contribution in [0.2, 0.25) is 0 Å². The third-order valence-corrected chi connectivity index (χ3v) is 5.38. The van der Waals surface area contributed by atoms with E-state index in [1.54, 1.807) is 24.3 Å². The minimum atomic E-state index is -0.353. The number of esters is 1. The van der Waals surface area contributed by atoms with E-state index in [1.807, 2.05) is 56.3 Å². The molecule has 0 aliphatic rings. The van der Waals surface area contributed by atoms with Gasteiger partial charge in [0.2, 0.25) is 0 Å². The van der Waals surface area contributed by atoms with Gasteiger partial charge < -0.3 is 9.15 Å². The Morgan fingerprint density at radius 2 is 1.90 bits per heavy atom. The summed E-state index contributed by atoms with van der Waals surface area (Å²) in [6, 6.07) is 20.7. The van der Waals surface area contributed by atoms with Crippen LogP contribution >= 0.6 is 11.3 Å². The van der Waals surface area contributed by atoms with E-state index in [0.717, 1.165) is 15.8 Å². The molecule has 0 aliphatic carbocycles. The molecule has 30 heavy (non-hydrogen) atoms. The second-order valence-electron chi connectivity index (χ2n) is 6.89. The largest absolute Gasteiger partial charge is 0.459 e. The molecule has 0 spiro atoms. The smallest absolute Gasteiger partial charge is 0.338 e. The average Bonchev–Trinajstić information content (AvgIpc) is 3.38. The lowest BCUT2D eigenvalue weighted by Gasteiger charge is -2.07. The van der Waals surface area contributed by atoms with Crippen LogP contribution in [0.3, 0.4) is 0 Å². The van der Waals surface area contributed by atoms with Crippen LogP contribution in [0, 0.1) is 11.3 Å². The minimum Gasteiger partial charge on any atom is -0.459 e. The molecule has 6 heteroatoms. The number of hydrogen-bond acceptors (Lipinski definition) is 6. The predicted molar refractivity (Wildman–Crippen MR) is 118 cm³/mol. The standard InChI is InChI=1S/C24H18N2O3S/c1-15(2)28-24(27)17-9-7-16(8-10-17)21-12-11-19(29-21)13-18(14-25)23-26-20-5-3-4-6-22(20)30-23/h3-13,15H,1-2H3. The van der Waals surface area contributed by atoms with E-state index in [0.29, 0.717) is 27.7 Å². The third-order valence-electron chi connectivity index (χ3n) is 4.31. The van der Waals surface area contributed by atoms with Crippen molar-refractivity contribution in [2.24, 2.45) is 0 Å². The Balaban J connectivity index is 1.57. The fraction of sp³-hybridized carbons (Fsp3) is 0.125. The first-order chi connectivity index (χ1) is 14.5. The van der Waals surface area contributed by atoms with Gasteiger partial charge in [0.1, 0.15) is 22.6 Å². The Kier molecular flexibility index (Phi) is 5.46. The van der Waals surface area contributed by atoms with Crippen LogP contribution in [0.1, 0.15) is 35.0 Å². The molecule has 0 amide bonds. The highest BCUT2D eigenvalue weighted by atomic mass is 32.1. The van der Waals surface area contributed by atoms with Gasteiger partial charge in [-0.05, 0) is 50.2 Å². The Bertz CT molecular complexity index is 1240. The summed E-state index contributed by atoms with van der Waals surface area (Å²) in [7, 11) is 0. The van der Waals surface area contributed by atoms with Crippen molar-refractivity contribution in [2.45, 2.75) is 20.0 Å². The van der Waals surface area contributed by atoms with Gasteiger partial charge in [-0.1, -0.05) is 24.3 Å². The van der Waals surface area contributed by atoms with Crippen LogP contribution < -0.4 is 0 Å². The Morgan fingerprint density at radius 1 is 1.13 bits per heavy atom. The average molecular weight is 414 g/mol. The van der Waals surface area contributed by atoms with Gasteiger partial charge in [-0.3, -0.25) is 0 Å². The van der Waals surface area contributed by atoms with E-state index in [9.17, 15) is 10.1 Å². The highest BCUT2D eigenvalue weighted by molar-refractivity contribution is 7.19. The van der Waals surface area contributed by atoms with Crippen LogP contribution in [0.25, 0.3) is 33.2 Å². The Hall–Kier alpha value is -3.69. The molecule has 0 saturated carbocycles. The summed E-state index contributed by atoms with van der Waals surface area (Å²) in [5, 5.41) is 10.3. The van der Waals surface area contributed by atoms with E-state index in [4.69, 9.17) is 9.15 Å². The molecule has 0 fully saturated rings. The fourth-order valence-electron chi connectivity index (χ4n) is 2.91. The number of nitriles is 1. The molecule has 0 radical (unpaired) electrons. The predicted octanol–water partition coefficient (Wildman–Crippen LogP) is 6.19. The molecule has 2 heterocycles. The maximum absolute atomic E-state index is 12.0. The van der Waals surface area contributed by atoms with Crippen molar-refractivity contribution in [3.05, 3.63) is 77.0 Å². The van der Waals surface area contributed by atoms with Gasteiger partial charge in [-0.25, -0.2) is 9.78 Å². The van der Waals surface area contributed by atoms with E-state index >= 15 is 0 Å². The normalized spacial score (nSPS) is 11.6. The molecular weight excluding hydrogens is 396 g/mol. The zero-order valence-corrected chi connectivity index (χ0v) is 17.3. The van der Waals surface area contributed by atoms with E-state index in [2.05, 4.69) is 11.1 Å². The number of aromatic nitrogens is 1. The molecule has 5 nitrogen and oxygen atoms in total. The van der Waals surface area contributed by atoms with Crippen molar-refractivity contribution in [3.63, 3.8) is 0 Å². The second-order valence-corrected chi connectivity index (χ2v) is 7.92. The lowest BCUT2D eigenvalue weighted by atomic mass is 10.1. The molecule has 4 aromatic rings. The van der Waals surface area contributed by atoms with Crippen LogP contribution in [0.15, 0.2) is 65.1 Å². The quantitative estimate of drug-likeness (QED) is 0.288. The van der Waals surface area contributed by atoms with Gasteiger partial charge in [-0.15, -0.1) is 11.3 Å². The number of nitrogens with zero attached hydrogens (tertiary/aromatic N) is 2. The summed E-state index contributed by atoms with van der Waals surface area (Å²) in [6.07, 6.45) is 1.52. The first-order valence-electron chi connectivity index (χ1n) is 9.42. The summed E-state index contributed by atoms with van der Waals surface area (Å²) in [5.74, 6) is 0.852. The van der Waals surface area contributed by atoms with E-state index in [1.165, 1.54) is 11.3 Å². The highest BCUT2D eigenvalue weighted by Crippen LogP contribution is 2.29. The summed E-state index contributed by atoms with van der Waals surface area (Å²) in [5.41, 5.74) is 2.63. The summed E-state index contributed by atoms with van der Waals surface area (Å²) >= 11 is 1.47. The zero-order chi connectivity index (χ0) is 21.1. The number of thiazole rings is 1. The molecule has 0 saturated heterocycles. The maximum atomic E-state index is 12.0. The Labute approximate surface area is 177 Å². The molecular formula is C24H18N2O3S. The van der Waals surface area contributed by atoms with Gasteiger partial charge in [0.25, 0.3) is 0 Å². The maximum Gasteiger partial charge on any atom is 0.338 e. The van der Waals surface area contributed by atoms with Gasteiger partial charge >= 0.3 is 5.97 Å². The van der Waals surface area contributed by atoms with E-state index < -0.39 is 0 Å².